The van der Waals surface area contributed by atoms with E-state index >= 15 is 0 Å². The monoisotopic (exact) mass is 327 g/mol. The van der Waals surface area contributed by atoms with Crippen LogP contribution in [0.15, 0.2) is 11.4 Å². The summed E-state index contributed by atoms with van der Waals surface area (Å²) in [5.41, 5.74) is 0. The number of nitrogens with zero attached hydrogens (tertiary/aromatic N) is 2. The third kappa shape index (κ3) is 3.97. The van der Waals surface area contributed by atoms with E-state index in [9.17, 15) is 4.79 Å². The summed E-state index contributed by atoms with van der Waals surface area (Å²) in [5, 5.41) is 6.10. The zero-order chi connectivity index (χ0) is 14.7. The van der Waals surface area contributed by atoms with Crippen molar-refractivity contribution in [2.45, 2.75) is 19.4 Å². The maximum absolute atomic E-state index is 12.6. The van der Waals surface area contributed by atoms with Crippen LogP contribution in [0.25, 0.3) is 0 Å². The number of rotatable bonds is 3. The van der Waals surface area contributed by atoms with Crippen molar-refractivity contribution in [3.8, 4) is 0 Å². The van der Waals surface area contributed by atoms with Crippen molar-refractivity contribution in [1.82, 2.24) is 15.1 Å². The maximum atomic E-state index is 12.6. The van der Waals surface area contributed by atoms with E-state index in [0.29, 0.717) is 5.91 Å². The van der Waals surface area contributed by atoms with E-state index in [1.807, 2.05) is 16.3 Å². The van der Waals surface area contributed by atoms with Crippen LogP contribution in [0.5, 0.6) is 0 Å². The first-order chi connectivity index (χ1) is 10.2. The second kappa shape index (κ2) is 7.09. The molecule has 0 spiro atoms. The number of piperazine rings is 1. The number of carbonyl (C=O) groups excluding carboxylic acids is 1. The summed E-state index contributed by atoms with van der Waals surface area (Å²) < 4.78 is 0. The Morgan fingerprint density at radius 1 is 1.38 bits per heavy atom. The van der Waals surface area contributed by atoms with Gasteiger partial charge in [-0.25, -0.2) is 0 Å². The lowest BCUT2D eigenvalue weighted by atomic mass is 9.96. The van der Waals surface area contributed by atoms with Crippen LogP contribution in [0, 0.1) is 5.92 Å². The summed E-state index contributed by atoms with van der Waals surface area (Å²) in [4.78, 5) is 18.3. The minimum absolute atomic E-state index is 0.173. The van der Waals surface area contributed by atoms with Gasteiger partial charge in [0.05, 0.1) is 10.9 Å². The first kappa shape index (κ1) is 15.3. The lowest BCUT2D eigenvalue weighted by Crippen LogP contribution is -2.51. The SMILES string of the molecule is O=C(C1CCCN(Cc2cc(Cl)cs2)C1)N1CCNCC1. The van der Waals surface area contributed by atoms with Gasteiger partial charge in [-0.1, -0.05) is 11.6 Å². The molecule has 0 radical (unpaired) electrons. The number of carbonyl (C=O) groups is 1. The Bertz CT molecular complexity index is 487. The molecule has 0 aromatic carbocycles. The van der Waals surface area contributed by atoms with E-state index < -0.39 is 0 Å². The normalized spacial score (nSPS) is 24.2. The predicted molar refractivity (Wildman–Crippen MR) is 86.8 cm³/mol. The largest absolute Gasteiger partial charge is 0.340 e. The molecule has 1 aromatic rings. The fourth-order valence-electron chi connectivity index (χ4n) is 3.20. The Morgan fingerprint density at radius 3 is 2.90 bits per heavy atom. The van der Waals surface area contributed by atoms with E-state index in [0.717, 1.165) is 63.7 Å². The number of nitrogens with one attached hydrogen (secondary N) is 1. The predicted octanol–water partition coefficient (Wildman–Crippen LogP) is 2.05. The average Bonchev–Trinajstić information content (AvgIpc) is 2.93. The van der Waals surface area contributed by atoms with Crippen LogP contribution < -0.4 is 5.32 Å². The third-order valence-corrected chi connectivity index (χ3v) is 5.55. The standard InChI is InChI=1S/C15H22ClN3OS/c16-13-8-14(21-11-13)10-18-5-1-2-12(9-18)15(20)19-6-3-17-4-7-19/h8,11-12,17H,1-7,9-10H2. The van der Waals surface area contributed by atoms with Gasteiger partial charge in [0.1, 0.15) is 0 Å². The molecule has 1 N–H and O–H groups in total. The molecule has 6 heteroatoms. The van der Waals surface area contributed by atoms with Crippen molar-refractivity contribution >= 4 is 28.8 Å². The van der Waals surface area contributed by atoms with Gasteiger partial charge in [0, 0.05) is 49.5 Å². The van der Waals surface area contributed by atoms with E-state index in [1.165, 1.54) is 4.88 Å². The Labute approximate surface area is 135 Å². The fourth-order valence-corrected chi connectivity index (χ4v) is 4.32. The molecule has 1 amide bonds. The third-order valence-electron chi connectivity index (χ3n) is 4.28. The number of thiophene rings is 1. The topological polar surface area (TPSA) is 35.6 Å². The molecular formula is C15H22ClN3OS. The molecule has 1 aromatic heterocycles. The summed E-state index contributed by atoms with van der Waals surface area (Å²) in [6.07, 6.45) is 2.14. The highest BCUT2D eigenvalue weighted by Crippen LogP contribution is 2.24. The van der Waals surface area contributed by atoms with Crippen molar-refractivity contribution < 1.29 is 4.79 Å². The lowest BCUT2D eigenvalue weighted by molar-refractivity contribution is -0.138. The van der Waals surface area contributed by atoms with Crippen LogP contribution >= 0.6 is 22.9 Å². The van der Waals surface area contributed by atoms with Crippen LogP contribution in [0.2, 0.25) is 5.02 Å². The number of hydrogen-bond acceptors (Lipinski definition) is 4. The zero-order valence-electron chi connectivity index (χ0n) is 12.2. The van der Waals surface area contributed by atoms with Crippen molar-refractivity contribution in [3.05, 3.63) is 21.3 Å². The highest BCUT2D eigenvalue weighted by Gasteiger charge is 2.29. The van der Waals surface area contributed by atoms with Crippen molar-refractivity contribution in [1.29, 1.82) is 0 Å². The highest BCUT2D eigenvalue weighted by molar-refractivity contribution is 7.10. The molecule has 3 heterocycles. The molecule has 0 saturated carbocycles. The molecule has 4 nitrogen and oxygen atoms in total. The van der Waals surface area contributed by atoms with Gasteiger partial charge in [0.25, 0.3) is 0 Å². The highest BCUT2D eigenvalue weighted by atomic mass is 35.5. The van der Waals surface area contributed by atoms with Gasteiger partial charge in [-0.15, -0.1) is 11.3 Å². The minimum Gasteiger partial charge on any atom is -0.340 e. The average molecular weight is 328 g/mol. The van der Waals surface area contributed by atoms with Gasteiger partial charge in [-0.2, -0.15) is 0 Å². The Morgan fingerprint density at radius 2 is 2.19 bits per heavy atom. The molecular weight excluding hydrogens is 306 g/mol. The molecule has 2 fully saturated rings. The molecule has 21 heavy (non-hydrogen) atoms. The van der Waals surface area contributed by atoms with Crippen molar-refractivity contribution in [3.63, 3.8) is 0 Å². The first-order valence-corrected chi connectivity index (χ1v) is 8.93. The number of likely N-dealkylation sites (tertiary alicyclic amines) is 1. The minimum atomic E-state index is 0.173. The van der Waals surface area contributed by atoms with Gasteiger partial charge in [-0.05, 0) is 25.5 Å². The Hall–Kier alpha value is -0.620. The smallest absolute Gasteiger partial charge is 0.227 e. The van der Waals surface area contributed by atoms with E-state index in [2.05, 4.69) is 10.2 Å². The molecule has 1 unspecified atom stereocenters. The van der Waals surface area contributed by atoms with Crippen LogP contribution in [0.4, 0.5) is 0 Å². The quantitative estimate of drug-likeness (QED) is 0.923. The molecule has 0 aliphatic carbocycles. The number of halogens is 1. The number of piperidine rings is 1. The summed E-state index contributed by atoms with van der Waals surface area (Å²) in [6, 6.07) is 2.04. The Balaban J connectivity index is 1.56. The number of amides is 1. The fraction of sp³-hybridized carbons (Fsp3) is 0.667. The first-order valence-electron chi connectivity index (χ1n) is 7.67. The molecule has 116 valence electrons. The summed E-state index contributed by atoms with van der Waals surface area (Å²) >= 11 is 7.69. The van der Waals surface area contributed by atoms with Gasteiger partial charge in [-0.3, -0.25) is 9.69 Å². The summed E-state index contributed by atoms with van der Waals surface area (Å²) in [7, 11) is 0. The van der Waals surface area contributed by atoms with E-state index in [1.54, 1.807) is 11.3 Å². The van der Waals surface area contributed by atoms with Crippen LogP contribution in [0.3, 0.4) is 0 Å². The van der Waals surface area contributed by atoms with Crippen molar-refractivity contribution in [2.24, 2.45) is 5.92 Å². The van der Waals surface area contributed by atoms with Gasteiger partial charge in [0.2, 0.25) is 5.91 Å². The van der Waals surface area contributed by atoms with E-state index in [-0.39, 0.29) is 5.92 Å². The van der Waals surface area contributed by atoms with Gasteiger partial charge >= 0.3 is 0 Å². The Kier molecular flexibility index (Phi) is 5.16. The van der Waals surface area contributed by atoms with E-state index in [4.69, 9.17) is 11.6 Å². The second-order valence-corrected chi connectivity index (χ2v) is 7.31. The van der Waals surface area contributed by atoms with Crippen molar-refractivity contribution in [2.75, 3.05) is 39.3 Å². The van der Waals surface area contributed by atoms with Crippen LogP contribution in [0.1, 0.15) is 17.7 Å². The van der Waals surface area contributed by atoms with Gasteiger partial charge < -0.3 is 10.2 Å². The number of hydrogen-bond donors (Lipinski definition) is 1. The molecule has 2 aliphatic heterocycles. The zero-order valence-corrected chi connectivity index (χ0v) is 13.8. The molecule has 0 bridgehead atoms. The molecule has 3 rings (SSSR count). The molecule has 2 aliphatic rings. The maximum Gasteiger partial charge on any atom is 0.227 e. The van der Waals surface area contributed by atoms with Gasteiger partial charge in [0.15, 0.2) is 0 Å². The van der Waals surface area contributed by atoms with Crippen LogP contribution in [-0.4, -0.2) is 55.0 Å². The summed E-state index contributed by atoms with van der Waals surface area (Å²) in [6.45, 7) is 6.46. The van der Waals surface area contributed by atoms with Crippen LogP contribution in [-0.2, 0) is 11.3 Å². The summed E-state index contributed by atoms with van der Waals surface area (Å²) in [5.74, 6) is 0.526. The second-order valence-electron chi connectivity index (χ2n) is 5.88. The molecule has 2 saturated heterocycles. The lowest BCUT2D eigenvalue weighted by Gasteiger charge is -2.36. The molecule has 1 atom stereocenters.